The number of piperidine rings is 1. The minimum Gasteiger partial charge on any atom is -0.395 e. The van der Waals surface area contributed by atoms with E-state index in [4.69, 9.17) is 5.11 Å². The number of fused-ring (bicyclic) bond motifs is 1. The van der Waals surface area contributed by atoms with E-state index in [-0.39, 0.29) is 12.5 Å². The van der Waals surface area contributed by atoms with Gasteiger partial charge in [0.15, 0.2) is 0 Å². The monoisotopic (exact) mass is 315 g/mol. The summed E-state index contributed by atoms with van der Waals surface area (Å²) in [4.78, 5) is 14.5. The van der Waals surface area contributed by atoms with E-state index < -0.39 is 0 Å². The van der Waals surface area contributed by atoms with Gasteiger partial charge in [0.05, 0.1) is 6.61 Å². The molecule has 1 aliphatic heterocycles. The number of nitrogens with zero attached hydrogens (tertiary/aromatic N) is 2. The smallest absolute Gasteiger partial charge is 0.242 e. The van der Waals surface area contributed by atoms with E-state index in [1.807, 2.05) is 21.7 Å². The van der Waals surface area contributed by atoms with Gasteiger partial charge in [0.2, 0.25) is 5.91 Å². The van der Waals surface area contributed by atoms with Crippen molar-refractivity contribution < 1.29 is 9.90 Å². The van der Waals surface area contributed by atoms with Gasteiger partial charge in [0.25, 0.3) is 0 Å². The van der Waals surface area contributed by atoms with Crippen LogP contribution in [-0.4, -0.2) is 46.7 Å². The van der Waals surface area contributed by atoms with Crippen molar-refractivity contribution in [1.29, 1.82) is 0 Å². The largest absolute Gasteiger partial charge is 0.395 e. The van der Waals surface area contributed by atoms with Crippen LogP contribution in [0.5, 0.6) is 0 Å². The van der Waals surface area contributed by atoms with Gasteiger partial charge in [-0.25, -0.2) is 0 Å². The molecule has 0 bridgehead atoms. The number of amides is 1. The predicted octanol–water partition coefficient (Wildman–Crippen LogP) is 1.74. The molecule has 1 aromatic heterocycles. The summed E-state index contributed by atoms with van der Waals surface area (Å²) >= 11 is 0. The minimum absolute atomic E-state index is 0.140. The number of likely N-dealkylation sites (tertiary alicyclic amines) is 1. The molecule has 2 heterocycles. The second-order valence-corrected chi connectivity index (χ2v) is 6.14. The number of aromatic nitrogens is 1. The fourth-order valence-electron chi connectivity index (χ4n) is 3.27. The highest BCUT2D eigenvalue weighted by atomic mass is 16.3. The normalized spacial score (nSPS) is 15.3. The zero-order valence-electron chi connectivity index (χ0n) is 13.5. The van der Waals surface area contributed by atoms with Crippen molar-refractivity contribution >= 4 is 16.8 Å². The number of rotatable bonds is 6. The van der Waals surface area contributed by atoms with Crippen LogP contribution in [0, 0.1) is 0 Å². The Morgan fingerprint density at radius 1 is 1.17 bits per heavy atom. The van der Waals surface area contributed by atoms with Crippen molar-refractivity contribution in [2.24, 2.45) is 0 Å². The van der Waals surface area contributed by atoms with Gasteiger partial charge in [0.1, 0.15) is 6.54 Å². The first kappa shape index (κ1) is 16.0. The van der Waals surface area contributed by atoms with Crippen LogP contribution in [0.15, 0.2) is 30.5 Å². The van der Waals surface area contributed by atoms with E-state index in [2.05, 4.69) is 23.5 Å². The number of hydrogen-bond donors (Lipinski definition) is 2. The summed E-state index contributed by atoms with van der Waals surface area (Å²) in [7, 11) is 0. The van der Waals surface area contributed by atoms with Gasteiger partial charge in [0, 0.05) is 43.3 Å². The zero-order valence-corrected chi connectivity index (χ0v) is 13.5. The molecule has 5 nitrogen and oxygen atoms in total. The van der Waals surface area contributed by atoms with Gasteiger partial charge < -0.3 is 19.9 Å². The Kier molecular flexibility index (Phi) is 5.31. The molecule has 1 saturated heterocycles. The van der Waals surface area contributed by atoms with Gasteiger partial charge in [-0.1, -0.05) is 12.1 Å². The molecular formula is C18H25N3O2. The Labute approximate surface area is 136 Å². The number of carbonyl (C=O) groups excluding carboxylic acids is 1. The molecule has 5 heteroatoms. The van der Waals surface area contributed by atoms with E-state index in [0.29, 0.717) is 13.1 Å². The Balaban J connectivity index is 1.74. The lowest BCUT2D eigenvalue weighted by Gasteiger charge is -2.27. The second-order valence-electron chi connectivity index (χ2n) is 6.14. The maximum atomic E-state index is 12.5. The maximum Gasteiger partial charge on any atom is 0.242 e. The van der Waals surface area contributed by atoms with E-state index in [9.17, 15) is 4.79 Å². The maximum absolute atomic E-state index is 12.5. The zero-order chi connectivity index (χ0) is 16.1. The molecule has 0 radical (unpaired) electrons. The third-order valence-electron chi connectivity index (χ3n) is 4.52. The lowest BCUT2D eigenvalue weighted by Crippen LogP contribution is -2.37. The summed E-state index contributed by atoms with van der Waals surface area (Å²) < 4.78 is 2.04. The van der Waals surface area contributed by atoms with Gasteiger partial charge in [-0.15, -0.1) is 0 Å². The summed E-state index contributed by atoms with van der Waals surface area (Å²) in [6.45, 7) is 3.66. The molecule has 0 atom stereocenters. The van der Waals surface area contributed by atoms with Gasteiger partial charge >= 0.3 is 0 Å². The van der Waals surface area contributed by atoms with E-state index >= 15 is 0 Å². The van der Waals surface area contributed by atoms with E-state index in [1.54, 1.807) is 0 Å². The van der Waals surface area contributed by atoms with Gasteiger partial charge in [-0.3, -0.25) is 4.79 Å². The molecular weight excluding hydrogens is 290 g/mol. The lowest BCUT2D eigenvalue weighted by molar-refractivity contribution is -0.132. The number of benzene rings is 1. The van der Waals surface area contributed by atoms with Crippen molar-refractivity contribution in [1.82, 2.24) is 14.8 Å². The SMILES string of the molecule is O=C(Cn1ccc2c(CNCCO)cccc21)N1CCCCC1. The van der Waals surface area contributed by atoms with Crippen LogP contribution in [0.4, 0.5) is 0 Å². The van der Waals surface area contributed by atoms with Crippen LogP contribution in [0.25, 0.3) is 10.9 Å². The van der Waals surface area contributed by atoms with Crippen LogP contribution in [-0.2, 0) is 17.9 Å². The molecule has 0 spiro atoms. The lowest BCUT2D eigenvalue weighted by atomic mass is 10.1. The fraction of sp³-hybridized carbons (Fsp3) is 0.500. The Morgan fingerprint density at radius 2 is 2.00 bits per heavy atom. The molecule has 2 aromatic rings. The molecule has 3 rings (SSSR count). The molecule has 1 aromatic carbocycles. The van der Waals surface area contributed by atoms with Crippen molar-refractivity contribution in [3.05, 3.63) is 36.0 Å². The Morgan fingerprint density at radius 3 is 2.78 bits per heavy atom. The molecule has 124 valence electrons. The summed E-state index contributed by atoms with van der Waals surface area (Å²) in [5, 5.41) is 13.3. The minimum atomic E-state index is 0.140. The summed E-state index contributed by atoms with van der Waals surface area (Å²) in [5.74, 6) is 0.214. The highest BCUT2D eigenvalue weighted by Crippen LogP contribution is 2.21. The summed E-state index contributed by atoms with van der Waals surface area (Å²) in [6.07, 6.45) is 5.49. The number of aliphatic hydroxyl groups excluding tert-OH is 1. The van der Waals surface area contributed by atoms with Crippen molar-refractivity contribution in [2.45, 2.75) is 32.4 Å². The van der Waals surface area contributed by atoms with Crippen molar-refractivity contribution in [3.8, 4) is 0 Å². The van der Waals surface area contributed by atoms with Crippen LogP contribution >= 0.6 is 0 Å². The number of carbonyl (C=O) groups is 1. The average molecular weight is 315 g/mol. The van der Waals surface area contributed by atoms with E-state index in [0.717, 1.165) is 38.0 Å². The summed E-state index contributed by atoms with van der Waals surface area (Å²) in [5.41, 5.74) is 2.29. The predicted molar refractivity (Wildman–Crippen MR) is 91.2 cm³/mol. The van der Waals surface area contributed by atoms with Crippen LogP contribution in [0.2, 0.25) is 0 Å². The molecule has 0 saturated carbocycles. The van der Waals surface area contributed by atoms with Crippen LogP contribution in [0.3, 0.4) is 0 Å². The molecule has 23 heavy (non-hydrogen) atoms. The molecule has 0 unspecified atom stereocenters. The quantitative estimate of drug-likeness (QED) is 0.798. The Bertz CT molecular complexity index is 659. The van der Waals surface area contributed by atoms with Crippen LogP contribution in [0.1, 0.15) is 24.8 Å². The first-order valence-electron chi connectivity index (χ1n) is 8.45. The second kappa shape index (κ2) is 7.62. The molecule has 1 aliphatic rings. The average Bonchev–Trinajstić information content (AvgIpc) is 3.00. The van der Waals surface area contributed by atoms with Gasteiger partial charge in [-0.05, 0) is 37.0 Å². The molecule has 2 N–H and O–H groups in total. The van der Waals surface area contributed by atoms with Gasteiger partial charge in [-0.2, -0.15) is 0 Å². The third kappa shape index (κ3) is 3.74. The summed E-state index contributed by atoms with van der Waals surface area (Å²) in [6, 6.07) is 8.26. The molecule has 0 aliphatic carbocycles. The molecule has 1 amide bonds. The number of aliphatic hydroxyl groups is 1. The third-order valence-corrected chi connectivity index (χ3v) is 4.52. The molecule has 1 fully saturated rings. The van der Waals surface area contributed by atoms with Crippen LogP contribution < -0.4 is 5.32 Å². The highest BCUT2D eigenvalue weighted by molar-refractivity contribution is 5.86. The highest BCUT2D eigenvalue weighted by Gasteiger charge is 2.17. The first-order chi connectivity index (χ1) is 11.3. The topological polar surface area (TPSA) is 57.5 Å². The first-order valence-corrected chi connectivity index (χ1v) is 8.45. The fourth-order valence-corrected chi connectivity index (χ4v) is 3.27. The van der Waals surface area contributed by atoms with Crippen molar-refractivity contribution in [3.63, 3.8) is 0 Å². The number of hydrogen-bond acceptors (Lipinski definition) is 3. The number of nitrogens with one attached hydrogen (secondary N) is 1. The Hall–Kier alpha value is -1.85. The standard InChI is InChI=1S/C18H25N3O2/c22-12-8-19-13-15-5-4-6-17-16(15)7-11-21(17)14-18(23)20-9-2-1-3-10-20/h4-7,11,19,22H,1-3,8-10,12-14H2. The van der Waals surface area contributed by atoms with Crippen molar-refractivity contribution in [2.75, 3.05) is 26.2 Å². The van der Waals surface area contributed by atoms with E-state index in [1.165, 1.54) is 17.4 Å².